The maximum atomic E-state index is 6.68. The van der Waals surface area contributed by atoms with Crippen LogP contribution >= 0.6 is 0 Å². The van der Waals surface area contributed by atoms with Crippen molar-refractivity contribution in [2.24, 2.45) is 0 Å². The minimum atomic E-state index is 0.867. The Kier molecular flexibility index (Phi) is 7.53. The molecule has 0 aliphatic heterocycles. The van der Waals surface area contributed by atoms with E-state index in [4.69, 9.17) is 4.42 Å². The average molecular weight is 714 g/mol. The van der Waals surface area contributed by atoms with Gasteiger partial charge < -0.3 is 9.32 Å². The van der Waals surface area contributed by atoms with Crippen LogP contribution < -0.4 is 4.90 Å². The molecule has 262 valence electrons. The standard InChI is InChI=1S/C54H35NO/c1-2-13-36(14-3-1)37-27-30-43(31-28-37)55(51-25-12-26-52-53(51)49-32-29-38-15-4-7-22-46(38)54(49)56-52)44-20-11-18-40(34-44)39-17-10-19-41(33-39)50-35-42-16-5-6-21-45(42)47-23-8-9-24-48(47)50/h1-35H. The van der Waals surface area contributed by atoms with Gasteiger partial charge in [0.25, 0.3) is 0 Å². The molecule has 0 fully saturated rings. The predicted octanol–water partition coefficient (Wildman–Crippen LogP) is 15.5. The first-order chi connectivity index (χ1) is 27.8. The maximum Gasteiger partial charge on any atom is 0.143 e. The van der Waals surface area contributed by atoms with Crippen molar-refractivity contribution in [3.8, 4) is 33.4 Å². The van der Waals surface area contributed by atoms with Gasteiger partial charge in [-0.25, -0.2) is 0 Å². The molecule has 11 rings (SSSR count). The van der Waals surface area contributed by atoms with Gasteiger partial charge in [-0.15, -0.1) is 0 Å². The lowest BCUT2D eigenvalue weighted by molar-refractivity contribution is 0.672. The first kappa shape index (κ1) is 32.0. The number of nitrogens with zero attached hydrogens (tertiary/aromatic N) is 1. The zero-order valence-corrected chi connectivity index (χ0v) is 30.6. The third kappa shape index (κ3) is 5.34. The summed E-state index contributed by atoms with van der Waals surface area (Å²) in [5.74, 6) is 0. The zero-order chi connectivity index (χ0) is 37.0. The average Bonchev–Trinajstić information content (AvgIpc) is 3.67. The number of hydrogen-bond acceptors (Lipinski definition) is 2. The van der Waals surface area contributed by atoms with Gasteiger partial charge in [-0.3, -0.25) is 0 Å². The van der Waals surface area contributed by atoms with Gasteiger partial charge in [-0.05, 0) is 115 Å². The third-order valence-corrected chi connectivity index (χ3v) is 11.2. The van der Waals surface area contributed by atoms with Crippen LogP contribution in [0.25, 0.3) is 87.6 Å². The monoisotopic (exact) mass is 713 g/mol. The molecular weight excluding hydrogens is 679 g/mol. The summed E-state index contributed by atoms with van der Waals surface area (Å²) >= 11 is 0. The summed E-state index contributed by atoms with van der Waals surface area (Å²) in [4.78, 5) is 2.38. The molecule has 0 atom stereocenters. The van der Waals surface area contributed by atoms with Crippen molar-refractivity contribution >= 4 is 71.3 Å². The fourth-order valence-electron chi connectivity index (χ4n) is 8.57. The second-order valence-electron chi connectivity index (χ2n) is 14.5. The molecule has 0 aliphatic rings. The zero-order valence-electron chi connectivity index (χ0n) is 30.6. The SMILES string of the molecule is c1ccc(-c2ccc(N(c3cccc(-c4cccc(-c5cc6ccccc6c6ccccc56)c4)c3)c3cccc4oc5c6ccccc6ccc5c34)cc2)cc1. The lowest BCUT2D eigenvalue weighted by atomic mass is 9.92. The van der Waals surface area contributed by atoms with Gasteiger partial charge in [0.15, 0.2) is 0 Å². The number of benzene rings is 10. The van der Waals surface area contributed by atoms with Gasteiger partial charge in [0.2, 0.25) is 0 Å². The van der Waals surface area contributed by atoms with Crippen molar-refractivity contribution in [3.63, 3.8) is 0 Å². The Morgan fingerprint density at radius 2 is 0.946 bits per heavy atom. The molecule has 1 aromatic heterocycles. The summed E-state index contributed by atoms with van der Waals surface area (Å²) < 4.78 is 6.68. The molecule has 0 unspecified atom stereocenters. The predicted molar refractivity (Wildman–Crippen MR) is 237 cm³/mol. The number of furan rings is 1. The highest BCUT2D eigenvalue weighted by atomic mass is 16.3. The van der Waals surface area contributed by atoms with E-state index in [9.17, 15) is 0 Å². The fraction of sp³-hybridized carbons (Fsp3) is 0. The van der Waals surface area contributed by atoms with E-state index in [1.807, 2.05) is 0 Å². The first-order valence-corrected chi connectivity index (χ1v) is 19.2. The van der Waals surface area contributed by atoms with Gasteiger partial charge in [-0.2, -0.15) is 0 Å². The first-order valence-electron chi connectivity index (χ1n) is 19.2. The Morgan fingerprint density at radius 3 is 1.79 bits per heavy atom. The molecule has 0 saturated heterocycles. The Morgan fingerprint density at radius 1 is 0.321 bits per heavy atom. The molecule has 0 aliphatic carbocycles. The van der Waals surface area contributed by atoms with Crippen molar-refractivity contribution in [2.75, 3.05) is 4.90 Å². The molecule has 0 N–H and O–H groups in total. The molecule has 2 nitrogen and oxygen atoms in total. The van der Waals surface area contributed by atoms with Crippen LogP contribution in [0.15, 0.2) is 217 Å². The molecule has 0 bridgehead atoms. The van der Waals surface area contributed by atoms with Crippen LogP contribution in [0.3, 0.4) is 0 Å². The molecule has 2 heteroatoms. The number of anilines is 3. The van der Waals surface area contributed by atoms with Crippen LogP contribution in [0.1, 0.15) is 0 Å². The van der Waals surface area contributed by atoms with Gasteiger partial charge in [0, 0.05) is 22.1 Å². The summed E-state index contributed by atoms with van der Waals surface area (Å²) in [5, 5.41) is 9.54. The van der Waals surface area contributed by atoms with Crippen molar-refractivity contribution in [1.82, 2.24) is 0 Å². The maximum absolute atomic E-state index is 6.68. The third-order valence-electron chi connectivity index (χ3n) is 11.2. The number of hydrogen-bond donors (Lipinski definition) is 0. The van der Waals surface area contributed by atoms with Crippen LogP contribution in [0, 0.1) is 0 Å². The van der Waals surface area contributed by atoms with E-state index in [0.29, 0.717) is 0 Å². The molecule has 56 heavy (non-hydrogen) atoms. The molecular formula is C54H35NO. The number of rotatable bonds is 6. The molecule has 0 radical (unpaired) electrons. The summed E-state index contributed by atoms with van der Waals surface area (Å²) in [5.41, 5.74) is 12.1. The van der Waals surface area contributed by atoms with E-state index in [0.717, 1.165) is 50.0 Å². The van der Waals surface area contributed by atoms with Crippen molar-refractivity contribution in [1.29, 1.82) is 0 Å². The molecule has 10 aromatic carbocycles. The molecule has 11 aromatic rings. The summed E-state index contributed by atoms with van der Waals surface area (Å²) in [6.45, 7) is 0. The normalized spacial score (nSPS) is 11.6. The van der Waals surface area contributed by atoms with Gasteiger partial charge in [0.1, 0.15) is 11.2 Å². The van der Waals surface area contributed by atoms with Gasteiger partial charge in [0.05, 0.1) is 11.1 Å². The molecule has 1 heterocycles. The fourth-order valence-corrected chi connectivity index (χ4v) is 8.57. The van der Waals surface area contributed by atoms with Crippen LogP contribution in [0.2, 0.25) is 0 Å². The Labute approximate surface area is 325 Å². The van der Waals surface area contributed by atoms with Crippen molar-refractivity contribution < 1.29 is 4.42 Å². The van der Waals surface area contributed by atoms with Crippen LogP contribution in [-0.4, -0.2) is 0 Å². The van der Waals surface area contributed by atoms with Crippen molar-refractivity contribution in [2.45, 2.75) is 0 Å². The lowest BCUT2D eigenvalue weighted by Gasteiger charge is -2.27. The largest absolute Gasteiger partial charge is 0.455 e. The van der Waals surface area contributed by atoms with Gasteiger partial charge in [-0.1, -0.05) is 158 Å². The van der Waals surface area contributed by atoms with Crippen LogP contribution in [-0.2, 0) is 0 Å². The van der Waals surface area contributed by atoms with Gasteiger partial charge >= 0.3 is 0 Å². The van der Waals surface area contributed by atoms with Crippen LogP contribution in [0.5, 0.6) is 0 Å². The smallest absolute Gasteiger partial charge is 0.143 e. The summed E-state index contributed by atoms with van der Waals surface area (Å²) in [6, 6.07) is 76.4. The second kappa shape index (κ2) is 13.2. The highest BCUT2D eigenvalue weighted by molar-refractivity contribution is 6.19. The van der Waals surface area contributed by atoms with Crippen molar-refractivity contribution in [3.05, 3.63) is 212 Å². The van der Waals surface area contributed by atoms with E-state index < -0.39 is 0 Å². The van der Waals surface area contributed by atoms with E-state index in [2.05, 4.69) is 217 Å². The van der Waals surface area contributed by atoms with E-state index in [1.165, 1.54) is 54.7 Å². The van der Waals surface area contributed by atoms with Crippen LogP contribution in [0.4, 0.5) is 17.1 Å². The minimum absolute atomic E-state index is 0.867. The summed E-state index contributed by atoms with van der Waals surface area (Å²) in [6.07, 6.45) is 0. The highest BCUT2D eigenvalue weighted by Gasteiger charge is 2.21. The quantitative estimate of drug-likeness (QED) is 0.160. The highest BCUT2D eigenvalue weighted by Crippen LogP contribution is 2.45. The van der Waals surface area contributed by atoms with E-state index in [-0.39, 0.29) is 0 Å². The molecule has 0 amide bonds. The summed E-state index contributed by atoms with van der Waals surface area (Å²) in [7, 11) is 0. The number of fused-ring (bicyclic) bond motifs is 8. The minimum Gasteiger partial charge on any atom is -0.455 e. The Hall–Kier alpha value is -7.42. The molecule has 0 saturated carbocycles. The lowest BCUT2D eigenvalue weighted by Crippen LogP contribution is -2.10. The Balaban J connectivity index is 1.08. The second-order valence-corrected chi connectivity index (χ2v) is 14.5. The molecule has 0 spiro atoms. The van der Waals surface area contributed by atoms with E-state index >= 15 is 0 Å². The Bertz CT molecular complexity index is 3250. The van der Waals surface area contributed by atoms with E-state index in [1.54, 1.807) is 0 Å². The topological polar surface area (TPSA) is 16.4 Å².